The second-order valence-electron chi connectivity index (χ2n) is 1.67. The van der Waals surface area contributed by atoms with Crippen molar-refractivity contribution in [2.75, 3.05) is 0 Å². The minimum atomic E-state index is -0.181. The Morgan fingerprint density at radius 3 is 2.62 bits per heavy atom. The standard InChI is InChI=1S/C6H12O2/c1-3-5-6(4-2)8-7/h4,6-7H,2-3,5H2,1H3. The monoisotopic (exact) mass is 116 g/mol. The zero-order chi connectivity index (χ0) is 6.41. The maximum absolute atomic E-state index is 8.09. The van der Waals surface area contributed by atoms with Gasteiger partial charge in [0.2, 0.25) is 0 Å². The Bertz CT molecular complexity index is 61.5. The minimum Gasteiger partial charge on any atom is -0.251 e. The Morgan fingerprint density at radius 1 is 1.88 bits per heavy atom. The van der Waals surface area contributed by atoms with Gasteiger partial charge in [0.25, 0.3) is 0 Å². The summed E-state index contributed by atoms with van der Waals surface area (Å²) >= 11 is 0. The molecule has 1 N–H and O–H groups in total. The number of hydrogen-bond acceptors (Lipinski definition) is 2. The fourth-order valence-corrected chi connectivity index (χ4v) is 0.498. The molecule has 0 radical (unpaired) electrons. The first-order valence-electron chi connectivity index (χ1n) is 2.78. The summed E-state index contributed by atoms with van der Waals surface area (Å²) < 4.78 is 0. The smallest absolute Gasteiger partial charge is 0.111 e. The van der Waals surface area contributed by atoms with Crippen LogP contribution in [0, 0.1) is 0 Å². The average molecular weight is 116 g/mol. The van der Waals surface area contributed by atoms with Crippen LogP contribution in [-0.2, 0) is 4.89 Å². The van der Waals surface area contributed by atoms with Crippen LogP contribution in [0.4, 0.5) is 0 Å². The SMILES string of the molecule is C=CC(CCC)OO. The van der Waals surface area contributed by atoms with Crippen LogP contribution in [0.2, 0.25) is 0 Å². The lowest BCUT2D eigenvalue weighted by Crippen LogP contribution is -2.04. The molecule has 0 heterocycles. The fraction of sp³-hybridized carbons (Fsp3) is 0.667. The molecule has 0 aromatic rings. The van der Waals surface area contributed by atoms with E-state index < -0.39 is 0 Å². The van der Waals surface area contributed by atoms with Gasteiger partial charge in [-0.1, -0.05) is 19.4 Å². The van der Waals surface area contributed by atoms with Crippen molar-refractivity contribution in [2.45, 2.75) is 25.9 Å². The molecule has 0 bridgehead atoms. The molecule has 1 atom stereocenters. The number of rotatable bonds is 4. The predicted octanol–water partition coefficient (Wildman–Crippen LogP) is 1.83. The van der Waals surface area contributed by atoms with E-state index in [9.17, 15) is 0 Å². The van der Waals surface area contributed by atoms with Crippen LogP contribution in [0.15, 0.2) is 12.7 Å². The third-order valence-electron chi connectivity index (χ3n) is 0.971. The van der Waals surface area contributed by atoms with E-state index in [0.29, 0.717) is 0 Å². The van der Waals surface area contributed by atoms with Gasteiger partial charge >= 0.3 is 0 Å². The molecule has 0 spiro atoms. The normalized spacial score (nSPS) is 13.2. The second kappa shape index (κ2) is 4.81. The molecule has 0 aliphatic heterocycles. The first-order chi connectivity index (χ1) is 3.85. The summed E-state index contributed by atoms with van der Waals surface area (Å²) in [5, 5.41) is 8.09. The summed E-state index contributed by atoms with van der Waals surface area (Å²) in [5.41, 5.74) is 0. The second-order valence-corrected chi connectivity index (χ2v) is 1.67. The van der Waals surface area contributed by atoms with Crippen molar-refractivity contribution >= 4 is 0 Å². The van der Waals surface area contributed by atoms with Gasteiger partial charge < -0.3 is 0 Å². The van der Waals surface area contributed by atoms with Crippen molar-refractivity contribution in [2.24, 2.45) is 0 Å². The Balaban J connectivity index is 3.21. The van der Waals surface area contributed by atoms with E-state index in [1.165, 1.54) is 0 Å². The lowest BCUT2D eigenvalue weighted by Gasteiger charge is -2.03. The van der Waals surface area contributed by atoms with Crippen LogP contribution in [0.5, 0.6) is 0 Å². The maximum atomic E-state index is 8.09. The fourth-order valence-electron chi connectivity index (χ4n) is 0.498. The topological polar surface area (TPSA) is 29.5 Å². The van der Waals surface area contributed by atoms with E-state index in [1.54, 1.807) is 6.08 Å². The van der Waals surface area contributed by atoms with Crippen LogP contribution < -0.4 is 0 Å². The number of hydrogen-bond donors (Lipinski definition) is 1. The molecule has 8 heavy (non-hydrogen) atoms. The lowest BCUT2D eigenvalue weighted by molar-refractivity contribution is -0.266. The summed E-state index contributed by atoms with van der Waals surface area (Å²) in [7, 11) is 0. The molecule has 0 aromatic heterocycles. The van der Waals surface area contributed by atoms with Crippen LogP contribution >= 0.6 is 0 Å². The molecule has 0 fully saturated rings. The molecular formula is C6H12O2. The molecule has 0 rings (SSSR count). The van der Waals surface area contributed by atoms with Gasteiger partial charge in [-0.2, -0.15) is 0 Å². The van der Waals surface area contributed by atoms with E-state index >= 15 is 0 Å². The first kappa shape index (κ1) is 7.66. The van der Waals surface area contributed by atoms with Crippen LogP contribution in [0.25, 0.3) is 0 Å². The van der Waals surface area contributed by atoms with E-state index in [1.807, 2.05) is 6.92 Å². The third-order valence-corrected chi connectivity index (χ3v) is 0.971. The highest BCUT2D eigenvalue weighted by molar-refractivity contribution is 4.77. The molecule has 0 aliphatic rings. The molecule has 0 aromatic carbocycles. The zero-order valence-corrected chi connectivity index (χ0v) is 5.13. The van der Waals surface area contributed by atoms with Gasteiger partial charge in [0, 0.05) is 0 Å². The van der Waals surface area contributed by atoms with Crippen molar-refractivity contribution < 1.29 is 10.1 Å². The highest BCUT2D eigenvalue weighted by atomic mass is 17.1. The van der Waals surface area contributed by atoms with Crippen molar-refractivity contribution in [3.8, 4) is 0 Å². The van der Waals surface area contributed by atoms with Gasteiger partial charge in [-0.3, -0.25) is 5.26 Å². The van der Waals surface area contributed by atoms with E-state index in [2.05, 4.69) is 11.5 Å². The summed E-state index contributed by atoms with van der Waals surface area (Å²) in [5.74, 6) is 0. The summed E-state index contributed by atoms with van der Waals surface area (Å²) in [6.07, 6.45) is 3.24. The molecule has 1 unspecified atom stereocenters. The summed E-state index contributed by atoms with van der Waals surface area (Å²) in [4.78, 5) is 4.02. The minimum absolute atomic E-state index is 0.181. The van der Waals surface area contributed by atoms with E-state index in [-0.39, 0.29) is 6.10 Å². The molecular weight excluding hydrogens is 104 g/mol. The Kier molecular flexibility index (Phi) is 4.61. The molecule has 0 saturated heterocycles. The van der Waals surface area contributed by atoms with Gasteiger partial charge in [0.05, 0.1) is 0 Å². The largest absolute Gasteiger partial charge is 0.251 e. The summed E-state index contributed by atoms with van der Waals surface area (Å²) in [6.45, 7) is 5.49. The van der Waals surface area contributed by atoms with Gasteiger partial charge in [-0.15, -0.1) is 6.58 Å². The van der Waals surface area contributed by atoms with Gasteiger partial charge in [-0.25, -0.2) is 4.89 Å². The molecule has 0 aliphatic carbocycles. The van der Waals surface area contributed by atoms with E-state index in [0.717, 1.165) is 12.8 Å². The van der Waals surface area contributed by atoms with E-state index in [4.69, 9.17) is 5.26 Å². The van der Waals surface area contributed by atoms with Gasteiger partial charge in [-0.05, 0) is 6.42 Å². The highest BCUT2D eigenvalue weighted by Gasteiger charge is 1.98. The van der Waals surface area contributed by atoms with Crippen molar-refractivity contribution in [3.63, 3.8) is 0 Å². The Morgan fingerprint density at radius 2 is 2.50 bits per heavy atom. The van der Waals surface area contributed by atoms with Crippen molar-refractivity contribution in [1.29, 1.82) is 0 Å². The van der Waals surface area contributed by atoms with Crippen LogP contribution in [-0.4, -0.2) is 11.4 Å². The zero-order valence-electron chi connectivity index (χ0n) is 5.13. The van der Waals surface area contributed by atoms with Gasteiger partial charge in [0.15, 0.2) is 0 Å². The lowest BCUT2D eigenvalue weighted by atomic mass is 10.2. The quantitative estimate of drug-likeness (QED) is 0.345. The highest BCUT2D eigenvalue weighted by Crippen LogP contribution is 1.99. The van der Waals surface area contributed by atoms with Crippen LogP contribution in [0.1, 0.15) is 19.8 Å². The molecule has 0 saturated carbocycles. The predicted molar refractivity (Wildman–Crippen MR) is 32.6 cm³/mol. The maximum Gasteiger partial charge on any atom is 0.111 e. The Hall–Kier alpha value is -0.340. The van der Waals surface area contributed by atoms with Crippen LogP contribution in [0.3, 0.4) is 0 Å². The van der Waals surface area contributed by atoms with Gasteiger partial charge in [0.1, 0.15) is 6.10 Å². The molecule has 0 amide bonds. The van der Waals surface area contributed by atoms with Crippen molar-refractivity contribution in [1.82, 2.24) is 0 Å². The first-order valence-corrected chi connectivity index (χ1v) is 2.78. The Labute approximate surface area is 49.7 Å². The molecule has 2 heteroatoms. The molecule has 48 valence electrons. The third kappa shape index (κ3) is 2.77. The van der Waals surface area contributed by atoms with Crippen molar-refractivity contribution in [3.05, 3.63) is 12.7 Å². The average Bonchev–Trinajstić information content (AvgIpc) is 1.83. The molecule has 2 nitrogen and oxygen atoms in total. The summed E-state index contributed by atoms with van der Waals surface area (Å²) in [6, 6.07) is 0.